The van der Waals surface area contributed by atoms with Crippen LogP contribution >= 0.6 is 0 Å². The number of nitrogens with zero attached hydrogens (tertiary/aromatic N) is 1. The smallest absolute Gasteiger partial charge is 0.243 e. The number of nitrogens with one attached hydrogen (secondary N) is 2. The zero-order chi connectivity index (χ0) is 23.7. The lowest BCUT2D eigenvalue weighted by molar-refractivity contribution is -0.127. The van der Waals surface area contributed by atoms with Crippen molar-refractivity contribution in [1.29, 1.82) is 0 Å². The second-order valence-electron chi connectivity index (χ2n) is 9.55. The number of rotatable bonds is 4. The second-order valence-corrected chi connectivity index (χ2v) is 11.5. The number of hydrogen-bond acceptors (Lipinski definition) is 4. The van der Waals surface area contributed by atoms with Crippen LogP contribution in [-0.2, 0) is 32.5 Å². The first-order chi connectivity index (χ1) is 16.4. The topological polar surface area (TPSA) is 95.6 Å². The van der Waals surface area contributed by atoms with Gasteiger partial charge in [-0.15, -0.1) is 0 Å². The van der Waals surface area contributed by atoms with Crippen molar-refractivity contribution in [3.05, 3.63) is 59.2 Å². The van der Waals surface area contributed by atoms with E-state index in [4.69, 9.17) is 0 Å². The average Bonchev–Trinajstić information content (AvgIpc) is 3.04. The highest BCUT2D eigenvalue weighted by molar-refractivity contribution is 7.89. The maximum Gasteiger partial charge on any atom is 0.243 e. The van der Waals surface area contributed by atoms with Gasteiger partial charge in [0.1, 0.15) is 0 Å². The van der Waals surface area contributed by atoms with Crippen molar-refractivity contribution >= 4 is 27.5 Å². The van der Waals surface area contributed by atoms with Crippen LogP contribution < -0.4 is 10.6 Å². The number of sulfonamides is 1. The van der Waals surface area contributed by atoms with Crippen LogP contribution in [-0.4, -0.2) is 37.6 Å². The zero-order valence-electron chi connectivity index (χ0n) is 19.3. The summed E-state index contributed by atoms with van der Waals surface area (Å²) in [5.41, 5.74) is 4.07. The van der Waals surface area contributed by atoms with E-state index in [1.54, 1.807) is 18.2 Å². The van der Waals surface area contributed by atoms with Crippen molar-refractivity contribution in [2.45, 2.75) is 62.3 Å². The molecule has 2 aromatic rings. The van der Waals surface area contributed by atoms with Gasteiger partial charge in [0.25, 0.3) is 0 Å². The van der Waals surface area contributed by atoms with Crippen LogP contribution in [0, 0.1) is 5.92 Å². The highest BCUT2D eigenvalue weighted by atomic mass is 32.2. The third kappa shape index (κ3) is 4.61. The predicted molar refractivity (Wildman–Crippen MR) is 130 cm³/mol. The van der Waals surface area contributed by atoms with E-state index in [9.17, 15) is 18.0 Å². The van der Waals surface area contributed by atoms with Gasteiger partial charge < -0.3 is 10.6 Å². The summed E-state index contributed by atoms with van der Waals surface area (Å²) in [6.45, 7) is 0.658. The highest BCUT2D eigenvalue weighted by Gasteiger charge is 2.33. The Morgan fingerprint density at radius 1 is 0.941 bits per heavy atom. The number of carbonyl (C=O) groups excluding carboxylic acids is 2. The van der Waals surface area contributed by atoms with Crippen molar-refractivity contribution in [3.63, 3.8) is 0 Å². The number of amides is 2. The molecule has 2 N–H and O–H groups in total. The van der Waals surface area contributed by atoms with Crippen LogP contribution in [0.5, 0.6) is 0 Å². The van der Waals surface area contributed by atoms with E-state index in [1.807, 2.05) is 12.1 Å². The molecule has 0 aromatic heterocycles. The monoisotopic (exact) mass is 481 g/mol. The van der Waals surface area contributed by atoms with Crippen LogP contribution in [0.4, 0.5) is 5.69 Å². The lowest BCUT2D eigenvalue weighted by atomic mass is 9.87. The van der Waals surface area contributed by atoms with E-state index in [-0.39, 0.29) is 28.7 Å². The first kappa shape index (κ1) is 23.1. The zero-order valence-corrected chi connectivity index (χ0v) is 20.1. The molecule has 180 valence electrons. The molecule has 1 unspecified atom stereocenters. The minimum absolute atomic E-state index is 0.0273. The van der Waals surface area contributed by atoms with Crippen LogP contribution in [0.1, 0.15) is 61.3 Å². The van der Waals surface area contributed by atoms with Crippen molar-refractivity contribution in [3.8, 4) is 0 Å². The Bertz CT molecular complexity index is 1200. The Kier molecular flexibility index (Phi) is 6.44. The predicted octanol–water partition coefficient (Wildman–Crippen LogP) is 3.56. The van der Waals surface area contributed by atoms with Crippen molar-refractivity contribution in [1.82, 2.24) is 9.62 Å². The molecule has 1 fully saturated rings. The molecule has 1 saturated heterocycles. The Morgan fingerprint density at radius 3 is 2.53 bits per heavy atom. The number of benzene rings is 2. The molecule has 2 aliphatic heterocycles. The van der Waals surface area contributed by atoms with Crippen LogP contribution in [0.3, 0.4) is 0 Å². The molecular weight excluding hydrogens is 450 g/mol. The molecule has 0 radical (unpaired) electrons. The van der Waals surface area contributed by atoms with Gasteiger partial charge in [-0.3, -0.25) is 9.59 Å². The molecule has 0 saturated carbocycles. The second kappa shape index (κ2) is 9.50. The van der Waals surface area contributed by atoms with E-state index in [1.165, 1.54) is 15.4 Å². The van der Waals surface area contributed by atoms with Crippen LogP contribution in [0.2, 0.25) is 0 Å². The molecule has 2 amide bonds. The Morgan fingerprint density at radius 2 is 1.71 bits per heavy atom. The molecule has 1 atom stereocenters. The minimum atomic E-state index is -3.65. The maximum atomic E-state index is 13.3. The fraction of sp³-hybridized carbons (Fsp3) is 0.462. The largest absolute Gasteiger partial charge is 0.349 e. The lowest BCUT2D eigenvalue weighted by Gasteiger charge is -2.33. The Labute approximate surface area is 201 Å². The number of carbonyl (C=O) groups is 2. The molecule has 8 heteroatoms. The molecule has 3 aliphatic rings. The number of aryl methyl sites for hydroxylation is 2. The summed E-state index contributed by atoms with van der Waals surface area (Å²) in [7, 11) is -3.65. The lowest BCUT2D eigenvalue weighted by Crippen LogP contribution is -2.44. The number of hydrogen-bond donors (Lipinski definition) is 2. The quantitative estimate of drug-likeness (QED) is 0.698. The number of anilines is 1. The van der Waals surface area contributed by atoms with Crippen LogP contribution in [0.15, 0.2) is 47.4 Å². The van der Waals surface area contributed by atoms with Crippen molar-refractivity contribution in [2.75, 3.05) is 18.4 Å². The first-order valence-corrected chi connectivity index (χ1v) is 13.7. The van der Waals surface area contributed by atoms with Gasteiger partial charge in [0, 0.05) is 31.1 Å². The average molecular weight is 482 g/mol. The molecular formula is C26H31N3O4S. The number of piperidine rings is 1. The first-order valence-electron chi connectivity index (χ1n) is 12.2. The molecule has 0 bridgehead atoms. The van der Waals surface area contributed by atoms with Gasteiger partial charge >= 0.3 is 0 Å². The van der Waals surface area contributed by atoms with Gasteiger partial charge in [0.05, 0.1) is 10.9 Å². The molecule has 1 aliphatic carbocycles. The molecule has 0 spiro atoms. The number of fused-ring (bicyclic) bond motifs is 2. The van der Waals surface area contributed by atoms with Crippen molar-refractivity contribution < 1.29 is 18.0 Å². The van der Waals surface area contributed by atoms with Gasteiger partial charge in [0.2, 0.25) is 21.8 Å². The minimum Gasteiger partial charge on any atom is -0.349 e. The summed E-state index contributed by atoms with van der Waals surface area (Å²) in [5.74, 6) is -0.186. The van der Waals surface area contributed by atoms with Crippen LogP contribution in [0.25, 0.3) is 0 Å². The van der Waals surface area contributed by atoms with Gasteiger partial charge in [-0.1, -0.05) is 24.3 Å². The third-order valence-corrected chi connectivity index (χ3v) is 9.24. The molecule has 34 heavy (non-hydrogen) atoms. The van der Waals surface area contributed by atoms with E-state index in [0.717, 1.165) is 24.8 Å². The Hall–Kier alpha value is -2.71. The standard InChI is InChI=1S/C26H31N3O4S/c30-25-10-4-7-20-17-21(11-12-23(20)27-25)34(32,33)29-15-13-19(14-16-29)26(31)28-24-9-3-6-18-5-1-2-8-22(18)24/h1-2,5,8,11-12,17,19,24H,3-4,6-7,9-10,13-16H2,(H,27,30)(H,28,31). The van der Waals surface area contributed by atoms with Gasteiger partial charge in [-0.25, -0.2) is 8.42 Å². The van der Waals surface area contributed by atoms with E-state index in [0.29, 0.717) is 50.9 Å². The summed E-state index contributed by atoms with van der Waals surface area (Å²) >= 11 is 0. The van der Waals surface area contributed by atoms with E-state index < -0.39 is 10.0 Å². The van der Waals surface area contributed by atoms with Crippen molar-refractivity contribution in [2.24, 2.45) is 5.92 Å². The fourth-order valence-corrected chi connectivity index (χ4v) is 6.93. The SMILES string of the molecule is O=C1CCCc2cc(S(=O)(=O)N3CCC(C(=O)NC4CCCc5ccccc54)CC3)ccc2N1. The summed E-state index contributed by atoms with van der Waals surface area (Å²) in [5, 5.41) is 6.08. The maximum absolute atomic E-state index is 13.3. The Balaban J connectivity index is 1.22. The summed E-state index contributed by atoms with van der Waals surface area (Å²) in [6.07, 6.45) is 5.89. The summed E-state index contributed by atoms with van der Waals surface area (Å²) in [4.78, 5) is 25.0. The molecule has 7 nitrogen and oxygen atoms in total. The fourth-order valence-electron chi connectivity index (χ4n) is 5.41. The molecule has 2 heterocycles. The van der Waals surface area contributed by atoms with E-state index in [2.05, 4.69) is 22.8 Å². The summed E-state index contributed by atoms with van der Waals surface area (Å²) in [6, 6.07) is 13.3. The highest BCUT2D eigenvalue weighted by Crippen LogP contribution is 2.32. The van der Waals surface area contributed by atoms with Gasteiger partial charge in [0.15, 0.2) is 0 Å². The van der Waals surface area contributed by atoms with Gasteiger partial charge in [-0.05, 0) is 79.8 Å². The molecule has 5 rings (SSSR count). The third-order valence-electron chi connectivity index (χ3n) is 7.35. The van der Waals surface area contributed by atoms with E-state index >= 15 is 0 Å². The van der Waals surface area contributed by atoms with Gasteiger partial charge in [-0.2, -0.15) is 4.31 Å². The normalized spacial score (nSPS) is 21.6. The summed E-state index contributed by atoms with van der Waals surface area (Å²) < 4.78 is 28.1. The molecule has 2 aromatic carbocycles.